The molecule has 0 aliphatic rings. The first-order valence-electron chi connectivity index (χ1n) is 13.5. The van der Waals surface area contributed by atoms with E-state index in [1.807, 2.05) is 6.92 Å². The van der Waals surface area contributed by atoms with E-state index in [0.717, 1.165) is 32.1 Å². The molecule has 9 heteroatoms. The molecule has 0 fully saturated rings. The number of aromatic hydroxyl groups is 1. The summed E-state index contributed by atoms with van der Waals surface area (Å²) in [6, 6.07) is 6.03. The zero-order chi connectivity index (χ0) is 26.2. The second-order valence-corrected chi connectivity index (χ2v) is 10.2. The molecule has 7 nitrogen and oxygen atoms in total. The summed E-state index contributed by atoms with van der Waals surface area (Å²) in [5.41, 5.74) is 0.471. The van der Waals surface area contributed by atoms with Gasteiger partial charge >= 0.3 is 65.2 Å². The van der Waals surface area contributed by atoms with Gasteiger partial charge in [-0.1, -0.05) is 104 Å². The number of carbonyl (C=O) groups excluding carboxylic acids is 1. The van der Waals surface area contributed by atoms with Crippen molar-refractivity contribution in [1.82, 2.24) is 0 Å². The van der Waals surface area contributed by atoms with E-state index in [0.29, 0.717) is 12.2 Å². The van der Waals surface area contributed by atoms with Crippen molar-refractivity contribution in [2.75, 3.05) is 13.2 Å². The summed E-state index contributed by atoms with van der Waals surface area (Å²) < 4.78 is 19.8. The Morgan fingerprint density at radius 3 is 1.53 bits per heavy atom. The van der Waals surface area contributed by atoms with Crippen LogP contribution in [0.2, 0.25) is 0 Å². The number of carbonyl (C=O) groups is 1. The van der Waals surface area contributed by atoms with E-state index in [1.165, 1.54) is 82.8 Å². The summed E-state index contributed by atoms with van der Waals surface area (Å²) in [7, 11) is -4.25. The van der Waals surface area contributed by atoms with Gasteiger partial charge in [-0.3, -0.25) is 4.52 Å². The number of phenols is 1. The van der Waals surface area contributed by atoms with E-state index in [2.05, 4.69) is 11.4 Å². The van der Waals surface area contributed by atoms with Crippen LogP contribution >= 0.6 is 7.82 Å². The molecule has 0 bridgehead atoms. The molecule has 0 atom stereocenters. The fourth-order valence-corrected chi connectivity index (χ4v) is 3.84. The van der Waals surface area contributed by atoms with Crippen molar-refractivity contribution < 1.29 is 33.5 Å². The minimum atomic E-state index is -4.25. The van der Waals surface area contributed by atoms with E-state index in [-0.39, 0.29) is 69.7 Å². The number of phosphoric ester groups is 1. The van der Waals surface area contributed by atoms with Crippen molar-refractivity contribution in [2.45, 2.75) is 117 Å². The Kier molecular flexibility index (Phi) is 28.6. The third-order valence-corrected chi connectivity index (χ3v) is 6.11. The van der Waals surface area contributed by atoms with Crippen LogP contribution in [0.3, 0.4) is 0 Å². The Morgan fingerprint density at radius 2 is 1.11 bits per heavy atom. The van der Waals surface area contributed by atoms with Gasteiger partial charge in [0.25, 0.3) is 0 Å². The average Bonchev–Trinajstić information content (AvgIpc) is 2.82. The number of benzene rings is 1. The predicted octanol–water partition coefficient (Wildman–Crippen LogP) is 7.28. The minimum absolute atomic E-state index is 0. The standard InChI is InChI=1S/C16H35O4P.C11H14O3.K.H/c1-2-3-4-5-6-7-8-9-10-11-12-13-14-15-16-20-21(17,18)19;1-2-3-8-14-11(13)9-4-6-10(12)7-5-9;;/h2-16H2,1H3,(H2,17,18,19);4-7,12H,2-3,8H2,1H3;;. The fourth-order valence-electron chi connectivity index (χ4n) is 3.47. The normalized spacial score (nSPS) is 10.8. The van der Waals surface area contributed by atoms with Gasteiger partial charge < -0.3 is 19.6 Å². The molecule has 206 valence electrons. The summed E-state index contributed by atoms with van der Waals surface area (Å²) in [5, 5.41) is 9.00. The molecule has 36 heavy (non-hydrogen) atoms. The molecule has 0 spiro atoms. The van der Waals surface area contributed by atoms with Crippen LogP contribution in [0, 0.1) is 0 Å². The van der Waals surface area contributed by atoms with Crippen LogP contribution in [-0.2, 0) is 13.8 Å². The molecule has 0 heterocycles. The van der Waals surface area contributed by atoms with Gasteiger partial charge in [-0.15, -0.1) is 0 Å². The fraction of sp³-hybridized carbons (Fsp3) is 0.741. The maximum absolute atomic E-state index is 11.3. The number of esters is 1. The second-order valence-electron chi connectivity index (χ2n) is 8.96. The molecule has 0 saturated heterocycles. The molecule has 0 aromatic heterocycles. The topological polar surface area (TPSA) is 113 Å². The molecule has 0 radical (unpaired) electrons. The van der Waals surface area contributed by atoms with Gasteiger partial charge in [0.2, 0.25) is 0 Å². The van der Waals surface area contributed by atoms with Crippen LogP contribution in [0.1, 0.15) is 127 Å². The molecule has 0 saturated carbocycles. The number of unbranched alkanes of at least 4 members (excludes halogenated alkanes) is 14. The molecule has 0 unspecified atom stereocenters. The number of phosphoric acid groups is 1. The zero-order valence-corrected chi connectivity index (χ0v) is 22.9. The quantitative estimate of drug-likeness (QED) is 0.0669. The Hall–Kier alpha value is 0.236. The first-order chi connectivity index (χ1) is 16.8. The van der Waals surface area contributed by atoms with Crippen LogP contribution in [0.5, 0.6) is 5.75 Å². The van der Waals surface area contributed by atoms with Crippen molar-refractivity contribution >= 4 is 65.2 Å². The number of phenolic OH excluding ortho intramolecular Hbond substituents is 1. The van der Waals surface area contributed by atoms with Gasteiger partial charge in [0.05, 0.1) is 18.8 Å². The summed E-state index contributed by atoms with van der Waals surface area (Å²) >= 11 is 0. The van der Waals surface area contributed by atoms with Gasteiger partial charge in [-0.25, -0.2) is 9.36 Å². The van der Waals surface area contributed by atoms with E-state index >= 15 is 0 Å². The number of hydrogen-bond donors (Lipinski definition) is 3. The average molecular weight is 557 g/mol. The number of rotatable bonds is 20. The molecule has 1 aromatic rings. The summed E-state index contributed by atoms with van der Waals surface area (Å²) in [6.45, 7) is 4.91. The van der Waals surface area contributed by atoms with Gasteiger partial charge in [0.1, 0.15) is 5.75 Å². The molecule has 0 aliphatic carbocycles. The summed E-state index contributed by atoms with van der Waals surface area (Å²) in [4.78, 5) is 28.3. The van der Waals surface area contributed by atoms with E-state index in [4.69, 9.17) is 19.6 Å². The molecular formula is C27H50KO7P. The molecule has 0 amide bonds. The van der Waals surface area contributed by atoms with Crippen molar-refractivity contribution in [3.63, 3.8) is 0 Å². The summed E-state index contributed by atoms with van der Waals surface area (Å²) in [6.07, 6.45) is 19.7. The van der Waals surface area contributed by atoms with Crippen molar-refractivity contribution in [1.29, 1.82) is 0 Å². The SMILES string of the molecule is CCCCCCCCCCCCCCCCOP(=O)(O)O.CCCCOC(=O)c1ccc(O)cc1.[KH]. The molecule has 3 N–H and O–H groups in total. The molecule has 1 aromatic carbocycles. The van der Waals surface area contributed by atoms with E-state index in [1.54, 1.807) is 12.1 Å². The first-order valence-corrected chi connectivity index (χ1v) is 15.0. The van der Waals surface area contributed by atoms with Crippen molar-refractivity contribution in [3.05, 3.63) is 29.8 Å². The maximum atomic E-state index is 11.3. The van der Waals surface area contributed by atoms with Gasteiger partial charge in [-0.2, -0.15) is 0 Å². The van der Waals surface area contributed by atoms with Crippen LogP contribution in [0.25, 0.3) is 0 Å². The van der Waals surface area contributed by atoms with Crippen LogP contribution in [-0.4, -0.2) is 85.5 Å². The third-order valence-electron chi connectivity index (χ3n) is 5.59. The van der Waals surface area contributed by atoms with Crippen molar-refractivity contribution in [2.24, 2.45) is 0 Å². The molecule has 0 aliphatic heterocycles. The first kappa shape index (κ1) is 38.4. The van der Waals surface area contributed by atoms with E-state index in [9.17, 15) is 9.36 Å². The number of ether oxygens (including phenoxy) is 1. The second kappa shape index (κ2) is 26.8. The number of hydrogen-bond acceptors (Lipinski definition) is 5. The van der Waals surface area contributed by atoms with Gasteiger partial charge in [0.15, 0.2) is 0 Å². The predicted molar refractivity (Wildman–Crippen MR) is 149 cm³/mol. The van der Waals surface area contributed by atoms with Crippen LogP contribution < -0.4 is 0 Å². The Balaban J connectivity index is 0. The molecular weight excluding hydrogens is 506 g/mol. The summed E-state index contributed by atoms with van der Waals surface area (Å²) in [5.74, 6) is -0.187. The Labute approximate surface area is 261 Å². The van der Waals surface area contributed by atoms with Crippen LogP contribution in [0.15, 0.2) is 24.3 Å². The van der Waals surface area contributed by atoms with Crippen molar-refractivity contribution in [3.8, 4) is 5.75 Å². The Bertz CT molecular complexity index is 665. The third kappa shape index (κ3) is 27.3. The zero-order valence-electron chi connectivity index (χ0n) is 22.0. The van der Waals surface area contributed by atoms with Crippen LogP contribution in [0.4, 0.5) is 0 Å². The Morgan fingerprint density at radius 1 is 0.694 bits per heavy atom. The van der Waals surface area contributed by atoms with E-state index < -0.39 is 7.82 Å². The van der Waals surface area contributed by atoms with Gasteiger partial charge in [-0.05, 0) is 37.1 Å². The monoisotopic (exact) mass is 556 g/mol. The molecule has 1 rings (SSSR count). The van der Waals surface area contributed by atoms with Gasteiger partial charge in [0, 0.05) is 0 Å².